The van der Waals surface area contributed by atoms with Crippen molar-refractivity contribution in [2.45, 2.75) is 39.7 Å². The van der Waals surface area contributed by atoms with Gasteiger partial charge in [-0.05, 0) is 32.4 Å². The highest BCUT2D eigenvalue weighted by atomic mass is 32.1. The Bertz CT molecular complexity index is 516. The molecule has 0 fully saturated rings. The van der Waals surface area contributed by atoms with Gasteiger partial charge >= 0.3 is 0 Å². The van der Waals surface area contributed by atoms with Gasteiger partial charge in [-0.15, -0.1) is 22.7 Å². The summed E-state index contributed by atoms with van der Waals surface area (Å²) in [5.41, 5.74) is 4.02. The van der Waals surface area contributed by atoms with Gasteiger partial charge in [0.25, 0.3) is 0 Å². The molecule has 0 aliphatic rings. The normalized spacial score (nSPS) is 12.9. The van der Waals surface area contributed by atoms with Crippen LogP contribution in [-0.4, -0.2) is 4.98 Å². The van der Waals surface area contributed by atoms with E-state index in [2.05, 4.69) is 36.4 Å². The summed E-state index contributed by atoms with van der Waals surface area (Å²) >= 11 is 3.60. The summed E-state index contributed by atoms with van der Waals surface area (Å²) in [6, 6.07) is 4.58. The van der Waals surface area contributed by atoms with Gasteiger partial charge in [0.2, 0.25) is 0 Å². The van der Waals surface area contributed by atoms with Crippen molar-refractivity contribution in [1.82, 2.24) is 10.4 Å². The maximum Gasteiger partial charge on any atom is 0.0900 e. The number of hydrogen-bond donors (Lipinski definition) is 2. The molecule has 0 bridgehead atoms. The third-order valence-electron chi connectivity index (χ3n) is 2.93. The molecule has 2 aromatic rings. The zero-order valence-corrected chi connectivity index (χ0v) is 12.6. The minimum absolute atomic E-state index is 0.166. The highest BCUT2D eigenvalue weighted by Crippen LogP contribution is 2.29. The lowest BCUT2D eigenvalue weighted by atomic mass is 10.1. The van der Waals surface area contributed by atoms with E-state index in [4.69, 9.17) is 5.84 Å². The molecule has 0 radical (unpaired) electrons. The molecular weight excluding hydrogens is 262 g/mol. The van der Waals surface area contributed by atoms with Crippen LogP contribution >= 0.6 is 22.7 Å². The van der Waals surface area contributed by atoms with Crippen LogP contribution in [0.15, 0.2) is 12.1 Å². The Labute approximate surface area is 116 Å². The van der Waals surface area contributed by atoms with Crippen LogP contribution in [0, 0.1) is 13.8 Å². The molecule has 2 rings (SSSR count). The van der Waals surface area contributed by atoms with E-state index in [1.165, 1.54) is 14.6 Å². The van der Waals surface area contributed by atoms with Gasteiger partial charge in [-0.3, -0.25) is 11.3 Å². The smallest absolute Gasteiger partial charge is 0.0900 e. The Morgan fingerprint density at radius 1 is 1.28 bits per heavy atom. The number of hydrazine groups is 1. The van der Waals surface area contributed by atoms with E-state index >= 15 is 0 Å². The van der Waals surface area contributed by atoms with Gasteiger partial charge in [0, 0.05) is 21.1 Å². The zero-order valence-electron chi connectivity index (χ0n) is 11.0. The molecule has 0 spiro atoms. The first kappa shape index (κ1) is 13.7. The van der Waals surface area contributed by atoms with E-state index in [1.54, 1.807) is 11.3 Å². The zero-order chi connectivity index (χ0) is 13.1. The van der Waals surface area contributed by atoms with Crippen molar-refractivity contribution < 1.29 is 0 Å². The first-order chi connectivity index (χ1) is 8.63. The predicted molar refractivity (Wildman–Crippen MR) is 79.1 cm³/mol. The summed E-state index contributed by atoms with van der Waals surface area (Å²) in [6.45, 7) is 6.27. The quantitative estimate of drug-likeness (QED) is 0.654. The van der Waals surface area contributed by atoms with E-state index in [0.29, 0.717) is 0 Å². The van der Waals surface area contributed by atoms with Crippen molar-refractivity contribution in [2.24, 2.45) is 5.84 Å². The first-order valence-electron chi connectivity index (χ1n) is 6.11. The van der Waals surface area contributed by atoms with Crippen LogP contribution in [0.2, 0.25) is 0 Å². The van der Waals surface area contributed by atoms with E-state index in [-0.39, 0.29) is 6.04 Å². The van der Waals surface area contributed by atoms with Crippen LogP contribution in [0.3, 0.4) is 0 Å². The molecule has 5 heteroatoms. The van der Waals surface area contributed by atoms with Crippen molar-refractivity contribution in [3.05, 3.63) is 37.5 Å². The second-order valence-electron chi connectivity index (χ2n) is 4.33. The maximum atomic E-state index is 5.70. The maximum absolute atomic E-state index is 5.70. The third kappa shape index (κ3) is 2.98. The molecule has 98 valence electrons. The molecular formula is C13H19N3S2. The number of nitrogens with two attached hydrogens (primary N) is 1. The highest BCUT2D eigenvalue weighted by Gasteiger charge is 2.17. The highest BCUT2D eigenvalue weighted by molar-refractivity contribution is 7.12. The largest absolute Gasteiger partial charge is 0.271 e. The molecule has 0 saturated carbocycles. The number of nitrogens with one attached hydrogen (secondary N) is 1. The van der Waals surface area contributed by atoms with E-state index in [1.807, 2.05) is 18.3 Å². The van der Waals surface area contributed by atoms with E-state index < -0.39 is 0 Å². The molecule has 0 aliphatic carbocycles. The topological polar surface area (TPSA) is 50.9 Å². The minimum atomic E-state index is 0.166. The number of aryl methyl sites for hydroxylation is 3. The molecule has 0 amide bonds. The van der Waals surface area contributed by atoms with Gasteiger partial charge in [-0.25, -0.2) is 4.98 Å². The van der Waals surface area contributed by atoms with Gasteiger partial charge in [-0.2, -0.15) is 0 Å². The Hall–Kier alpha value is -0.750. The lowest BCUT2D eigenvalue weighted by Crippen LogP contribution is -2.29. The monoisotopic (exact) mass is 281 g/mol. The number of rotatable bonds is 5. The predicted octanol–water partition coefficient (Wildman–Crippen LogP) is 3.13. The Kier molecular flexibility index (Phi) is 4.50. The molecule has 0 aliphatic heterocycles. The van der Waals surface area contributed by atoms with Gasteiger partial charge in [-0.1, -0.05) is 6.92 Å². The van der Waals surface area contributed by atoms with Crippen molar-refractivity contribution in [1.29, 1.82) is 0 Å². The molecule has 0 saturated heterocycles. The lowest BCUT2D eigenvalue weighted by Gasteiger charge is -2.13. The van der Waals surface area contributed by atoms with Crippen molar-refractivity contribution in [2.75, 3.05) is 0 Å². The lowest BCUT2D eigenvalue weighted by molar-refractivity contribution is 0.561. The summed E-state index contributed by atoms with van der Waals surface area (Å²) in [5, 5.41) is 1.10. The van der Waals surface area contributed by atoms with Gasteiger partial charge < -0.3 is 0 Å². The van der Waals surface area contributed by atoms with E-state index in [9.17, 15) is 0 Å². The summed E-state index contributed by atoms with van der Waals surface area (Å²) < 4.78 is 0. The van der Waals surface area contributed by atoms with Gasteiger partial charge in [0.15, 0.2) is 0 Å². The standard InChI is InChI=1S/C13H19N3S2/c1-4-10-5-6-11(18-10)7-12(16-14)13-8(2)15-9(3)17-13/h5-6,12,16H,4,7,14H2,1-3H3. The SMILES string of the molecule is CCc1ccc(CC(NN)c2sc(C)nc2C)s1. The fraction of sp³-hybridized carbons (Fsp3) is 0.462. The van der Waals surface area contributed by atoms with Crippen LogP contribution in [-0.2, 0) is 12.8 Å². The summed E-state index contributed by atoms with van der Waals surface area (Å²) in [5.74, 6) is 5.70. The summed E-state index contributed by atoms with van der Waals surface area (Å²) in [7, 11) is 0. The van der Waals surface area contributed by atoms with E-state index in [0.717, 1.165) is 23.5 Å². The Morgan fingerprint density at radius 3 is 2.50 bits per heavy atom. The summed E-state index contributed by atoms with van der Waals surface area (Å²) in [4.78, 5) is 8.52. The molecule has 2 heterocycles. The van der Waals surface area contributed by atoms with Gasteiger partial charge in [0.1, 0.15) is 0 Å². The molecule has 1 unspecified atom stereocenters. The first-order valence-corrected chi connectivity index (χ1v) is 7.75. The molecule has 1 atom stereocenters. The van der Waals surface area contributed by atoms with Crippen LogP contribution in [0.4, 0.5) is 0 Å². The number of thiazole rings is 1. The Morgan fingerprint density at radius 2 is 2.00 bits per heavy atom. The molecule has 2 aromatic heterocycles. The third-order valence-corrected chi connectivity index (χ3v) is 5.37. The number of aromatic nitrogens is 1. The molecule has 0 aromatic carbocycles. The Balaban J connectivity index is 2.16. The van der Waals surface area contributed by atoms with Crippen molar-refractivity contribution >= 4 is 22.7 Å². The minimum Gasteiger partial charge on any atom is -0.271 e. The average molecular weight is 281 g/mol. The number of nitrogens with zero attached hydrogens (tertiary/aromatic N) is 1. The van der Waals surface area contributed by atoms with Crippen LogP contribution in [0.25, 0.3) is 0 Å². The summed E-state index contributed by atoms with van der Waals surface area (Å²) in [6.07, 6.45) is 2.04. The second kappa shape index (κ2) is 5.93. The van der Waals surface area contributed by atoms with Crippen molar-refractivity contribution in [3.63, 3.8) is 0 Å². The second-order valence-corrected chi connectivity index (χ2v) is 6.82. The fourth-order valence-corrected chi connectivity index (χ4v) is 4.01. The number of thiophene rings is 1. The van der Waals surface area contributed by atoms with Crippen LogP contribution in [0.5, 0.6) is 0 Å². The fourth-order valence-electron chi connectivity index (χ4n) is 2.02. The van der Waals surface area contributed by atoms with Crippen molar-refractivity contribution in [3.8, 4) is 0 Å². The molecule has 18 heavy (non-hydrogen) atoms. The molecule has 3 N–H and O–H groups in total. The van der Waals surface area contributed by atoms with Gasteiger partial charge in [0.05, 0.1) is 16.7 Å². The van der Waals surface area contributed by atoms with Crippen LogP contribution in [0.1, 0.15) is 38.3 Å². The molecule has 3 nitrogen and oxygen atoms in total. The number of hydrogen-bond acceptors (Lipinski definition) is 5. The van der Waals surface area contributed by atoms with Crippen LogP contribution < -0.4 is 11.3 Å². The average Bonchev–Trinajstić information content (AvgIpc) is 2.92.